The minimum atomic E-state index is -4.45. The van der Waals surface area contributed by atoms with Crippen molar-refractivity contribution in [3.8, 4) is 11.4 Å². The summed E-state index contributed by atoms with van der Waals surface area (Å²) in [6.07, 6.45) is -2.64. The van der Waals surface area contributed by atoms with Gasteiger partial charge in [-0.3, -0.25) is 0 Å². The molecule has 0 bridgehead atoms. The number of hydrogen-bond acceptors (Lipinski definition) is 5. The molecular weight excluding hydrogens is 431 g/mol. The van der Waals surface area contributed by atoms with E-state index in [-0.39, 0.29) is 28.1 Å². The second kappa shape index (κ2) is 8.08. The Morgan fingerprint density at radius 3 is 2.42 bits per heavy atom. The van der Waals surface area contributed by atoms with Crippen LogP contribution in [0.4, 0.5) is 13.2 Å². The summed E-state index contributed by atoms with van der Waals surface area (Å²) in [4.78, 5) is 4.57. The van der Waals surface area contributed by atoms with E-state index in [2.05, 4.69) is 15.5 Å². The van der Waals surface area contributed by atoms with Crippen LogP contribution in [0.15, 0.2) is 57.9 Å². The van der Waals surface area contributed by atoms with E-state index in [1.54, 1.807) is 24.3 Å². The number of sulfone groups is 1. The van der Waals surface area contributed by atoms with Gasteiger partial charge in [-0.2, -0.15) is 18.2 Å². The Hall–Kier alpha value is -2.72. The Bertz CT molecular complexity index is 1170. The molecule has 4 rings (SSSR count). The lowest BCUT2D eigenvalue weighted by Crippen LogP contribution is -2.29. The van der Waals surface area contributed by atoms with Crippen molar-refractivity contribution in [3.63, 3.8) is 0 Å². The monoisotopic (exact) mass is 450 g/mol. The lowest BCUT2D eigenvalue weighted by atomic mass is 9.85. The molecule has 163 valence electrons. The maximum atomic E-state index is 13.0. The fourth-order valence-electron chi connectivity index (χ4n) is 3.64. The first-order valence-corrected chi connectivity index (χ1v) is 11.4. The minimum absolute atomic E-state index is 0.0521. The van der Waals surface area contributed by atoms with E-state index >= 15 is 0 Å². The third-order valence-corrected chi connectivity index (χ3v) is 6.42. The van der Waals surface area contributed by atoms with Crippen LogP contribution >= 0.6 is 0 Å². The largest absolute Gasteiger partial charge is 0.416 e. The van der Waals surface area contributed by atoms with Crippen LogP contribution in [0, 0.1) is 0 Å². The van der Waals surface area contributed by atoms with Crippen LogP contribution in [0.25, 0.3) is 11.4 Å². The van der Waals surface area contributed by atoms with Crippen molar-refractivity contribution in [2.24, 2.45) is 0 Å². The molecule has 1 aromatic heterocycles. The first-order valence-electron chi connectivity index (χ1n) is 9.56. The Morgan fingerprint density at radius 2 is 1.74 bits per heavy atom. The lowest BCUT2D eigenvalue weighted by molar-refractivity contribution is -0.137. The van der Waals surface area contributed by atoms with Gasteiger partial charge in [0.25, 0.3) is 0 Å². The summed E-state index contributed by atoms with van der Waals surface area (Å²) in [6, 6.07) is 11.5. The van der Waals surface area contributed by atoms with E-state index in [0.717, 1.165) is 24.0 Å². The van der Waals surface area contributed by atoms with Crippen molar-refractivity contribution in [3.05, 3.63) is 65.5 Å². The number of aromatic nitrogens is 2. The fourth-order valence-corrected chi connectivity index (χ4v) is 4.27. The Morgan fingerprint density at radius 1 is 1.03 bits per heavy atom. The summed E-state index contributed by atoms with van der Waals surface area (Å²) in [6.45, 7) is 1.06. The highest BCUT2D eigenvalue weighted by atomic mass is 32.2. The van der Waals surface area contributed by atoms with E-state index in [1.807, 2.05) is 0 Å². The van der Waals surface area contributed by atoms with Gasteiger partial charge >= 0.3 is 6.18 Å². The van der Waals surface area contributed by atoms with Gasteiger partial charge in [0.2, 0.25) is 11.7 Å². The summed E-state index contributed by atoms with van der Waals surface area (Å²) < 4.78 is 67.5. The zero-order valence-electron chi connectivity index (χ0n) is 16.5. The molecule has 0 N–H and O–H groups in total. The summed E-state index contributed by atoms with van der Waals surface area (Å²) in [5, 5.41) is 8.36. The van der Waals surface area contributed by atoms with Gasteiger partial charge in [-0.1, -0.05) is 29.4 Å². The first-order chi connectivity index (χ1) is 14.6. The molecule has 0 saturated carbocycles. The number of alkyl halides is 3. The molecule has 2 atom stereocenters. The molecule has 0 amide bonds. The molecule has 6 nitrogen and oxygen atoms in total. The normalized spacial score (nSPS) is 20.0. The van der Waals surface area contributed by atoms with Crippen LogP contribution in [0.3, 0.4) is 0 Å². The average molecular weight is 450 g/mol. The van der Waals surface area contributed by atoms with Gasteiger partial charge < -0.3 is 4.52 Å². The highest BCUT2D eigenvalue weighted by Gasteiger charge is 2.32. The third kappa shape index (κ3) is 4.80. The van der Waals surface area contributed by atoms with Crippen molar-refractivity contribution in [1.82, 2.24) is 15.5 Å². The number of nitrogens with zero attached hydrogens (tertiary/aromatic N) is 3. The van der Waals surface area contributed by atoms with Crippen LogP contribution in [0.5, 0.6) is 0 Å². The van der Waals surface area contributed by atoms with Crippen molar-refractivity contribution in [2.75, 3.05) is 19.3 Å². The predicted octanol–water partition coefficient (Wildman–Crippen LogP) is 4.03. The minimum Gasteiger partial charge on any atom is -0.339 e. The third-order valence-electron chi connectivity index (χ3n) is 5.29. The zero-order chi connectivity index (χ0) is 22.2. The fraction of sp³-hybridized carbons (Fsp3) is 0.333. The molecule has 2 unspecified atom stereocenters. The maximum absolute atomic E-state index is 13.0. The summed E-state index contributed by atoms with van der Waals surface area (Å²) in [7, 11) is -3.27. The first kappa shape index (κ1) is 21.5. The van der Waals surface area contributed by atoms with E-state index in [1.165, 1.54) is 12.1 Å². The van der Waals surface area contributed by atoms with Crippen LogP contribution in [0.1, 0.15) is 35.3 Å². The van der Waals surface area contributed by atoms with Crippen molar-refractivity contribution in [2.45, 2.75) is 29.3 Å². The van der Waals surface area contributed by atoms with Crippen LogP contribution in [-0.2, 0) is 16.0 Å². The van der Waals surface area contributed by atoms with Gasteiger partial charge in [-0.15, -0.1) is 0 Å². The van der Waals surface area contributed by atoms with Gasteiger partial charge in [0.05, 0.1) is 16.4 Å². The van der Waals surface area contributed by atoms with Gasteiger partial charge in [0.15, 0.2) is 9.84 Å². The number of halogens is 3. The standard InChI is InChI=1S/C21H19F3N3O3S/c1-31(28,29)18-7-5-13(6-8-18)15-9-16(12-25-11-15)20-26-19(27-30-20)14-3-2-4-17(10-14)21(22,23)24/h2-8,10,15-16H,9,11-12H2,1H3. The highest BCUT2D eigenvalue weighted by molar-refractivity contribution is 7.90. The summed E-state index contributed by atoms with van der Waals surface area (Å²) >= 11 is 0. The number of rotatable bonds is 4. The van der Waals surface area contributed by atoms with Gasteiger partial charge in [-0.05, 0) is 42.2 Å². The molecule has 3 aromatic rings. The van der Waals surface area contributed by atoms with Gasteiger partial charge in [-0.25, -0.2) is 13.7 Å². The van der Waals surface area contributed by atoms with Crippen LogP contribution in [-0.4, -0.2) is 37.9 Å². The van der Waals surface area contributed by atoms with Gasteiger partial charge in [0, 0.05) is 24.9 Å². The smallest absolute Gasteiger partial charge is 0.339 e. The predicted molar refractivity (Wildman–Crippen MR) is 106 cm³/mol. The molecule has 0 spiro atoms. The Kier molecular flexibility index (Phi) is 5.61. The SMILES string of the molecule is CS(=O)(=O)c1ccc(C2C[N]CC(c3nc(-c4cccc(C(F)(F)F)c4)no3)C2)cc1. The van der Waals surface area contributed by atoms with E-state index in [9.17, 15) is 21.6 Å². The van der Waals surface area contributed by atoms with E-state index in [4.69, 9.17) is 4.52 Å². The summed E-state index contributed by atoms with van der Waals surface area (Å²) in [5.74, 6) is 0.311. The average Bonchev–Trinajstić information content (AvgIpc) is 3.23. The Balaban J connectivity index is 1.52. The highest BCUT2D eigenvalue weighted by Crippen LogP contribution is 2.35. The number of hydrogen-bond donors (Lipinski definition) is 0. The molecule has 31 heavy (non-hydrogen) atoms. The van der Waals surface area contributed by atoms with Crippen molar-refractivity contribution in [1.29, 1.82) is 0 Å². The molecule has 1 fully saturated rings. The van der Waals surface area contributed by atoms with Crippen molar-refractivity contribution >= 4 is 9.84 Å². The van der Waals surface area contributed by atoms with Crippen LogP contribution in [0.2, 0.25) is 0 Å². The molecule has 1 aliphatic rings. The van der Waals surface area contributed by atoms with E-state index in [0.29, 0.717) is 25.4 Å². The molecule has 2 heterocycles. The molecule has 1 radical (unpaired) electrons. The summed E-state index contributed by atoms with van der Waals surface area (Å²) in [5.41, 5.74) is 0.408. The quantitative estimate of drug-likeness (QED) is 0.599. The molecule has 1 saturated heterocycles. The Labute approximate surface area is 177 Å². The topological polar surface area (TPSA) is 87.2 Å². The molecule has 1 aliphatic heterocycles. The lowest BCUT2D eigenvalue weighted by Gasteiger charge is -2.27. The number of piperidine rings is 1. The molecule has 0 aliphatic carbocycles. The molecule has 10 heteroatoms. The number of benzene rings is 2. The zero-order valence-corrected chi connectivity index (χ0v) is 17.3. The van der Waals surface area contributed by atoms with Crippen LogP contribution < -0.4 is 5.32 Å². The van der Waals surface area contributed by atoms with E-state index < -0.39 is 21.6 Å². The molecule has 2 aromatic carbocycles. The molecular formula is C21H19F3N3O3S. The second-order valence-electron chi connectivity index (χ2n) is 7.59. The second-order valence-corrected chi connectivity index (χ2v) is 9.61. The van der Waals surface area contributed by atoms with Crippen molar-refractivity contribution < 1.29 is 26.1 Å². The van der Waals surface area contributed by atoms with Gasteiger partial charge in [0.1, 0.15) is 0 Å². The maximum Gasteiger partial charge on any atom is 0.416 e.